The van der Waals surface area contributed by atoms with Crippen molar-refractivity contribution in [3.63, 3.8) is 0 Å². The van der Waals surface area contributed by atoms with Gasteiger partial charge in [0.15, 0.2) is 0 Å². The summed E-state index contributed by atoms with van der Waals surface area (Å²) in [7, 11) is 5.05. The molecule has 4 aliphatic heterocycles. The van der Waals surface area contributed by atoms with Gasteiger partial charge >= 0.3 is 0 Å². The zero-order valence-corrected chi connectivity index (χ0v) is 29.1. The third-order valence-electron chi connectivity index (χ3n) is 10.6. The van der Waals surface area contributed by atoms with E-state index >= 15 is 0 Å². The molecule has 14 nitrogen and oxygen atoms in total. The number of carbonyl (C=O) groups is 4. The van der Waals surface area contributed by atoms with E-state index in [0.717, 1.165) is 64.7 Å². The highest BCUT2D eigenvalue weighted by molar-refractivity contribution is 6.23. The van der Waals surface area contributed by atoms with Crippen molar-refractivity contribution < 1.29 is 33.4 Å². The second-order valence-electron chi connectivity index (χ2n) is 14.1. The molecule has 52 heavy (non-hydrogen) atoms. The van der Waals surface area contributed by atoms with Gasteiger partial charge in [-0.3, -0.25) is 49.0 Å². The summed E-state index contributed by atoms with van der Waals surface area (Å²) >= 11 is 0. The first-order chi connectivity index (χ1) is 25.1. The van der Waals surface area contributed by atoms with Crippen molar-refractivity contribution in [3.8, 4) is 28.4 Å². The van der Waals surface area contributed by atoms with Gasteiger partial charge in [-0.25, -0.2) is 0 Å². The van der Waals surface area contributed by atoms with Crippen LogP contribution in [0.5, 0.6) is 17.2 Å². The van der Waals surface area contributed by atoms with Crippen LogP contribution in [0, 0.1) is 5.41 Å². The zero-order valence-electron chi connectivity index (χ0n) is 29.1. The lowest BCUT2D eigenvalue weighted by Crippen LogP contribution is -2.71. The molecule has 4 aliphatic rings. The molecule has 4 aromatic rings. The lowest BCUT2D eigenvalue weighted by atomic mass is 9.72. The number of piperidine rings is 1. The monoisotopic (exact) mass is 706 g/mol. The Hall–Kier alpha value is -5.60. The van der Waals surface area contributed by atoms with Crippen LogP contribution in [0.15, 0.2) is 59.8 Å². The van der Waals surface area contributed by atoms with Crippen LogP contribution in [0.4, 0.5) is 0 Å². The van der Waals surface area contributed by atoms with E-state index in [9.17, 15) is 24.0 Å². The normalized spacial score (nSPS) is 19.8. The van der Waals surface area contributed by atoms with Crippen LogP contribution in [-0.4, -0.2) is 107 Å². The van der Waals surface area contributed by atoms with E-state index in [1.165, 1.54) is 0 Å². The molecular weight excluding hydrogens is 668 g/mol. The third kappa shape index (κ3) is 5.67. The molecule has 1 N–H and O–H groups in total. The number of fused-ring (bicyclic) bond motifs is 2. The Bertz CT molecular complexity index is 2190. The molecule has 1 atom stereocenters. The predicted octanol–water partition coefficient (Wildman–Crippen LogP) is 2.22. The number of nitrogens with zero attached hydrogens (tertiary/aromatic N) is 5. The van der Waals surface area contributed by atoms with Crippen LogP contribution in [0.2, 0.25) is 0 Å². The largest absolute Gasteiger partial charge is 0.496 e. The first-order valence-electron chi connectivity index (χ1n) is 17.2. The van der Waals surface area contributed by atoms with Gasteiger partial charge in [0.05, 0.1) is 36.3 Å². The minimum absolute atomic E-state index is 0.0719. The topological polar surface area (TPSA) is 153 Å². The van der Waals surface area contributed by atoms with Gasteiger partial charge in [0.2, 0.25) is 11.8 Å². The summed E-state index contributed by atoms with van der Waals surface area (Å²) in [4.78, 5) is 72.6. The van der Waals surface area contributed by atoms with Crippen LogP contribution in [0.1, 0.15) is 39.1 Å². The fourth-order valence-electron chi connectivity index (χ4n) is 8.17. The van der Waals surface area contributed by atoms with Gasteiger partial charge in [-0.1, -0.05) is 0 Å². The summed E-state index contributed by atoms with van der Waals surface area (Å²) in [5, 5.41) is 3.58. The second-order valence-corrected chi connectivity index (χ2v) is 14.1. The Morgan fingerprint density at radius 1 is 0.865 bits per heavy atom. The molecule has 0 bridgehead atoms. The molecule has 1 unspecified atom stereocenters. The van der Waals surface area contributed by atoms with E-state index in [2.05, 4.69) is 20.1 Å². The van der Waals surface area contributed by atoms with E-state index in [-0.39, 0.29) is 34.9 Å². The maximum absolute atomic E-state index is 13.1. The third-order valence-corrected chi connectivity index (χ3v) is 10.6. The van der Waals surface area contributed by atoms with Crippen molar-refractivity contribution in [1.82, 2.24) is 29.6 Å². The molecule has 268 valence electrons. The van der Waals surface area contributed by atoms with E-state index in [0.29, 0.717) is 30.8 Å². The predicted molar refractivity (Wildman–Crippen MR) is 188 cm³/mol. The minimum Gasteiger partial charge on any atom is -0.496 e. The fourth-order valence-corrected chi connectivity index (χ4v) is 8.17. The van der Waals surface area contributed by atoms with Crippen molar-refractivity contribution in [2.45, 2.75) is 25.4 Å². The van der Waals surface area contributed by atoms with Gasteiger partial charge in [-0.15, -0.1) is 0 Å². The van der Waals surface area contributed by atoms with Gasteiger partial charge in [-0.2, -0.15) is 0 Å². The van der Waals surface area contributed by atoms with Gasteiger partial charge in [0, 0.05) is 82.3 Å². The molecule has 8 rings (SSSR count). The number of carbonyl (C=O) groups excluding carboxylic acids is 4. The Kier molecular flexibility index (Phi) is 8.30. The maximum atomic E-state index is 13.1. The smallest absolute Gasteiger partial charge is 0.262 e. The van der Waals surface area contributed by atoms with Crippen molar-refractivity contribution in [1.29, 1.82) is 0 Å². The summed E-state index contributed by atoms with van der Waals surface area (Å²) < 4.78 is 19.3. The van der Waals surface area contributed by atoms with Crippen molar-refractivity contribution in [2.75, 3.05) is 53.6 Å². The van der Waals surface area contributed by atoms with Crippen LogP contribution >= 0.6 is 0 Å². The molecule has 1 spiro atoms. The number of ether oxygens (including phenoxy) is 3. The zero-order chi connectivity index (χ0) is 36.3. The van der Waals surface area contributed by atoms with Crippen molar-refractivity contribution in [2.24, 2.45) is 12.5 Å². The number of pyridine rings is 2. The second kappa shape index (κ2) is 12.9. The highest BCUT2D eigenvalue weighted by Gasteiger charge is 2.51. The van der Waals surface area contributed by atoms with E-state index < -0.39 is 29.7 Å². The number of rotatable bonds is 10. The Balaban J connectivity index is 0.856. The van der Waals surface area contributed by atoms with Crippen LogP contribution in [0.3, 0.4) is 0 Å². The summed E-state index contributed by atoms with van der Waals surface area (Å²) in [6.07, 6.45) is 5.30. The Morgan fingerprint density at radius 2 is 1.58 bits per heavy atom. The average Bonchev–Trinajstić information content (AvgIpc) is 3.35. The standard InChI is InChI=1S/C38H38N6O8/c1-41-16-28(24-8-9-39-15-27(24)35(41)47)22-12-31(50-2)29(32(13-22)51-3)17-43-20-38(21-43)18-42(19-38)10-11-52-23-4-5-25-26(14-23)37(49)44(36(25)48)30-6-7-33(45)40-34(30)46/h4-5,8-9,12-16,30H,6-7,10-11,17-21H2,1-3H3,(H,40,45,46). The number of likely N-dealkylation sites (tertiary alicyclic amines) is 2. The van der Waals surface area contributed by atoms with Crippen molar-refractivity contribution >= 4 is 34.4 Å². The van der Waals surface area contributed by atoms with Gasteiger partial charge in [0.25, 0.3) is 17.4 Å². The average molecular weight is 707 g/mol. The number of methoxy groups -OCH3 is 2. The molecule has 0 radical (unpaired) electrons. The number of imide groups is 2. The first kappa shape index (κ1) is 33.5. The molecule has 4 amide bonds. The minimum atomic E-state index is -1.00. The fraction of sp³-hybridized carbons (Fsp3) is 0.368. The quantitative estimate of drug-likeness (QED) is 0.242. The number of hydrogen-bond acceptors (Lipinski definition) is 11. The summed E-state index contributed by atoms with van der Waals surface area (Å²) in [6.45, 7) is 5.60. The van der Waals surface area contributed by atoms with Crippen LogP contribution in [0.25, 0.3) is 21.9 Å². The van der Waals surface area contributed by atoms with Gasteiger partial charge in [-0.05, 0) is 53.8 Å². The summed E-state index contributed by atoms with van der Waals surface area (Å²) in [5.41, 5.74) is 3.29. The highest BCUT2D eigenvalue weighted by atomic mass is 16.5. The summed E-state index contributed by atoms with van der Waals surface area (Å²) in [6, 6.07) is 9.63. The number of aryl methyl sites for hydroxylation is 1. The van der Waals surface area contributed by atoms with E-state index in [1.807, 2.05) is 24.4 Å². The lowest BCUT2D eigenvalue weighted by Gasteiger charge is -2.60. The maximum Gasteiger partial charge on any atom is 0.262 e. The van der Waals surface area contributed by atoms with Crippen LogP contribution < -0.4 is 25.1 Å². The van der Waals surface area contributed by atoms with Gasteiger partial charge < -0.3 is 18.8 Å². The van der Waals surface area contributed by atoms with Crippen molar-refractivity contribution in [3.05, 3.63) is 82.0 Å². The first-order valence-corrected chi connectivity index (χ1v) is 17.2. The van der Waals surface area contributed by atoms with Crippen LogP contribution in [-0.2, 0) is 23.2 Å². The molecule has 14 heteroatoms. The molecule has 0 aliphatic carbocycles. The molecule has 3 fully saturated rings. The molecule has 2 aromatic heterocycles. The molecular formula is C38H38N6O8. The molecule has 6 heterocycles. The SMILES string of the molecule is COc1cc(-c2cn(C)c(=O)c3cnccc23)cc(OC)c1CN1CC2(CN(CCOc3ccc4c(c3)C(=O)N(C3CCC(=O)NC3=O)C4=O)C2)C1. The molecule has 0 saturated carbocycles. The van der Waals surface area contributed by atoms with E-state index in [1.54, 1.807) is 56.4 Å². The number of hydrogen-bond donors (Lipinski definition) is 1. The molecule has 2 aromatic carbocycles. The number of nitrogens with one attached hydrogen (secondary N) is 1. The number of aromatic nitrogens is 2. The lowest BCUT2D eigenvalue weighted by molar-refractivity contribution is -0.136. The highest BCUT2D eigenvalue weighted by Crippen LogP contribution is 2.43. The molecule has 3 saturated heterocycles. The van der Waals surface area contributed by atoms with E-state index in [4.69, 9.17) is 14.2 Å². The Morgan fingerprint density at radius 3 is 2.29 bits per heavy atom. The number of benzene rings is 2. The number of amides is 4. The summed E-state index contributed by atoms with van der Waals surface area (Å²) in [5.74, 6) is -0.216. The van der Waals surface area contributed by atoms with Gasteiger partial charge in [0.1, 0.15) is 29.9 Å². The Labute approximate surface area is 298 Å².